The summed E-state index contributed by atoms with van der Waals surface area (Å²) in [5, 5.41) is 0.117. The molecule has 116 valence electrons. The molecule has 21 heavy (non-hydrogen) atoms. The maximum absolute atomic E-state index is 12.6. The monoisotopic (exact) mass is 351 g/mol. The Bertz CT molecular complexity index is 671. The van der Waals surface area contributed by atoms with Crippen LogP contribution in [0.4, 0.5) is 5.69 Å². The standard InChI is InChI=1S/C12H15Cl2N3O3S/c13-8-1-2-9(10(14)11(8)15)21(19,20)17-5-3-7(4-6-17)12(16)18/h1-2,7H,3-6,15H2,(H2,16,18). The largest absolute Gasteiger partial charge is 0.396 e. The minimum atomic E-state index is -3.77. The Morgan fingerprint density at radius 2 is 1.81 bits per heavy atom. The van der Waals surface area contributed by atoms with Gasteiger partial charge in [-0.25, -0.2) is 8.42 Å². The summed E-state index contributed by atoms with van der Waals surface area (Å²) >= 11 is 11.8. The van der Waals surface area contributed by atoms with Crippen molar-refractivity contribution >= 4 is 44.8 Å². The van der Waals surface area contributed by atoms with Gasteiger partial charge in [0.15, 0.2) is 0 Å². The van der Waals surface area contributed by atoms with E-state index in [9.17, 15) is 13.2 Å². The summed E-state index contributed by atoms with van der Waals surface area (Å²) in [5.74, 6) is -0.692. The number of primary amides is 1. The molecule has 0 atom stereocenters. The van der Waals surface area contributed by atoms with E-state index in [-0.39, 0.29) is 39.6 Å². The Labute approximate surface area is 133 Å². The van der Waals surface area contributed by atoms with Crippen molar-refractivity contribution in [3.8, 4) is 0 Å². The molecule has 1 heterocycles. The third kappa shape index (κ3) is 3.11. The molecule has 0 radical (unpaired) electrons. The molecule has 1 aromatic carbocycles. The van der Waals surface area contributed by atoms with E-state index in [1.54, 1.807) is 0 Å². The van der Waals surface area contributed by atoms with Gasteiger partial charge in [-0.3, -0.25) is 4.79 Å². The average molecular weight is 352 g/mol. The molecule has 1 amide bonds. The number of anilines is 1. The van der Waals surface area contributed by atoms with Crippen LogP contribution in [0.5, 0.6) is 0 Å². The van der Waals surface area contributed by atoms with E-state index in [1.165, 1.54) is 16.4 Å². The number of hydrogen-bond acceptors (Lipinski definition) is 4. The molecule has 2 rings (SSSR count). The molecule has 9 heteroatoms. The lowest BCUT2D eigenvalue weighted by Crippen LogP contribution is -2.41. The highest BCUT2D eigenvalue weighted by Gasteiger charge is 2.33. The van der Waals surface area contributed by atoms with Gasteiger partial charge >= 0.3 is 0 Å². The Morgan fingerprint density at radius 3 is 2.33 bits per heavy atom. The first kappa shape index (κ1) is 16.4. The van der Waals surface area contributed by atoms with Crippen molar-refractivity contribution in [3.05, 3.63) is 22.2 Å². The Morgan fingerprint density at radius 1 is 1.24 bits per heavy atom. The van der Waals surface area contributed by atoms with E-state index >= 15 is 0 Å². The molecule has 1 saturated heterocycles. The van der Waals surface area contributed by atoms with Gasteiger partial charge in [-0.1, -0.05) is 23.2 Å². The minimum Gasteiger partial charge on any atom is -0.396 e. The van der Waals surface area contributed by atoms with Crippen molar-refractivity contribution in [2.24, 2.45) is 11.7 Å². The quantitative estimate of drug-likeness (QED) is 0.803. The van der Waals surface area contributed by atoms with E-state index in [2.05, 4.69) is 0 Å². The minimum absolute atomic E-state index is 0.0337. The molecule has 0 spiro atoms. The number of nitrogens with two attached hydrogens (primary N) is 2. The van der Waals surface area contributed by atoms with Crippen LogP contribution in [0.2, 0.25) is 10.0 Å². The van der Waals surface area contributed by atoms with Crippen molar-refractivity contribution in [1.82, 2.24) is 4.31 Å². The molecule has 4 N–H and O–H groups in total. The van der Waals surface area contributed by atoms with Gasteiger partial charge in [-0.15, -0.1) is 0 Å². The zero-order valence-corrected chi connectivity index (χ0v) is 13.4. The summed E-state index contributed by atoms with van der Waals surface area (Å²) in [7, 11) is -3.77. The van der Waals surface area contributed by atoms with Crippen molar-refractivity contribution in [2.45, 2.75) is 17.7 Å². The van der Waals surface area contributed by atoms with Gasteiger partial charge in [0.25, 0.3) is 0 Å². The number of halogens is 2. The van der Waals surface area contributed by atoms with Crippen molar-refractivity contribution in [1.29, 1.82) is 0 Å². The third-order valence-corrected chi connectivity index (χ3v) is 6.36. The first-order valence-electron chi connectivity index (χ1n) is 6.28. The first-order chi connectivity index (χ1) is 9.75. The zero-order valence-electron chi connectivity index (χ0n) is 11.1. The Kier molecular flexibility index (Phi) is 4.67. The molecule has 1 aliphatic heterocycles. The van der Waals surface area contributed by atoms with Crippen LogP contribution in [0.15, 0.2) is 17.0 Å². The first-order valence-corrected chi connectivity index (χ1v) is 8.47. The number of nitrogens with zero attached hydrogens (tertiary/aromatic N) is 1. The highest BCUT2D eigenvalue weighted by molar-refractivity contribution is 7.89. The fourth-order valence-corrected chi connectivity index (χ4v) is 4.48. The second kappa shape index (κ2) is 6.00. The van der Waals surface area contributed by atoms with Crippen LogP contribution < -0.4 is 11.5 Å². The van der Waals surface area contributed by atoms with Gasteiger partial charge in [0.1, 0.15) is 4.90 Å². The molecule has 0 aliphatic carbocycles. The van der Waals surface area contributed by atoms with Gasteiger partial charge in [-0.05, 0) is 25.0 Å². The lowest BCUT2D eigenvalue weighted by molar-refractivity contribution is -0.122. The van der Waals surface area contributed by atoms with Crippen LogP contribution in [0.1, 0.15) is 12.8 Å². The molecule has 0 unspecified atom stereocenters. The van der Waals surface area contributed by atoms with E-state index in [1.807, 2.05) is 0 Å². The fraction of sp³-hybridized carbons (Fsp3) is 0.417. The molecule has 0 saturated carbocycles. The summed E-state index contributed by atoms with van der Waals surface area (Å²) < 4.78 is 26.4. The number of carbonyl (C=O) groups excluding carboxylic acids is 1. The van der Waals surface area contributed by atoms with E-state index in [0.717, 1.165) is 0 Å². The number of sulfonamides is 1. The van der Waals surface area contributed by atoms with Gasteiger partial charge < -0.3 is 11.5 Å². The number of nitrogen functional groups attached to an aromatic ring is 1. The zero-order chi connectivity index (χ0) is 15.8. The smallest absolute Gasteiger partial charge is 0.244 e. The van der Waals surface area contributed by atoms with E-state index < -0.39 is 15.9 Å². The van der Waals surface area contributed by atoms with E-state index in [4.69, 9.17) is 34.7 Å². The predicted molar refractivity (Wildman–Crippen MR) is 81.6 cm³/mol. The molecule has 6 nitrogen and oxygen atoms in total. The van der Waals surface area contributed by atoms with E-state index in [0.29, 0.717) is 12.8 Å². The summed E-state index contributed by atoms with van der Waals surface area (Å²) in [6.07, 6.45) is 0.796. The van der Waals surface area contributed by atoms with Crippen LogP contribution >= 0.6 is 23.2 Å². The maximum atomic E-state index is 12.6. The van der Waals surface area contributed by atoms with Gasteiger partial charge in [0.05, 0.1) is 15.7 Å². The number of hydrogen-bond donors (Lipinski definition) is 2. The van der Waals surface area contributed by atoms with Gasteiger partial charge in [0.2, 0.25) is 15.9 Å². The number of rotatable bonds is 3. The van der Waals surface area contributed by atoms with Crippen LogP contribution in [0, 0.1) is 5.92 Å². The third-order valence-electron chi connectivity index (χ3n) is 3.57. The number of piperidine rings is 1. The molecule has 1 aliphatic rings. The lowest BCUT2D eigenvalue weighted by atomic mass is 9.98. The number of amides is 1. The molecule has 0 aromatic heterocycles. The Hall–Kier alpha value is -1.02. The molecule has 1 fully saturated rings. The van der Waals surface area contributed by atoms with Crippen molar-refractivity contribution in [2.75, 3.05) is 18.8 Å². The van der Waals surface area contributed by atoms with Crippen molar-refractivity contribution in [3.63, 3.8) is 0 Å². The fourth-order valence-electron chi connectivity index (χ4n) is 2.27. The Balaban J connectivity index is 2.28. The van der Waals surface area contributed by atoms with Crippen LogP contribution in [-0.4, -0.2) is 31.7 Å². The second-order valence-corrected chi connectivity index (χ2v) is 7.55. The maximum Gasteiger partial charge on any atom is 0.244 e. The molecular formula is C12H15Cl2N3O3S. The topological polar surface area (TPSA) is 106 Å². The van der Waals surface area contributed by atoms with Gasteiger partial charge in [0, 0.05) is 19.0 Å². The lowest BCUT2D eigenvalue weighted by Gasteiger charge is -2.30. The number of carbonyl (C=O) groups is 1. The van der Waals surface area contributed by atoms with Gasteiger partial charge in [-0.2, -0.15) is 4.31 Å². The molecule has 0 bridgehead atoms. The normalized spacial score (nSPS) is 17.8. The molecule has 1 aromatic rings. The predicted octanol–water partition coefficient (Wildman–Crippen LogP) is 1.46. The van der Waals surface area contributed by atoms with Crippen LogP contribution in [0.3, 0.4) is 0 Å². The highest BCUT2D eigenvalue weighted by Crippen LogP contribution is 2.35. The summed E-state index contributed by atoms with van der Waals surface area (Å²) in [6, 6.07) is 2.72. The van der Waals surface area contributed by atoms with Crippen LogP contribution in [0.25, 0.3) is 0 Å². The summed E-state index contributed by atoms with van der Waals surface area (Å²) in [4.78, 5) is 11.0. The molecular weight excluding hydrogens is 337 g/mol. The number of benzene rings is 1. The summed E-state index contributed by atoms with van der Waals surface area (Å²) in [5.41, 5.74) is 10.9. The SMILES string of the molecule is NC(=O)C1CCN(S(=O)(=O)c2ccc(Cl)c(N)c2Cl)CC1. The summed E-state index contributed by atoms with van der Waals surface area (Å²) in [6.45, 7) is 0.434. The average Bonchev–Trinajstić information content (AvgIpc) is 2.44. The van der Waals surface area contributed by atoms with Crippen molar-refractivity contribution < 1.29 is 13.2 Å². The highest BCUT2D eigenvalue weighted by atomic mass is 35.5. The van der Waals surface area contributed by atoms with Crippen LogP contribution in [-0.2, 0) is 14.8 Å². The second-order valence-electron chi connectivity index (χ2n) is 4.85.